The molecule has 0 aromatic heterocycles. The SMILES string of the molecule is C#Cc1ccc(OCC(=O)Nc2cccc(C(=O)c3ccccc3)c2)cc1. The highest BCUT2D eigenvalue weighted by Crippen LogP contribution is 2.16. The second-order valence-electron chi connectivity index (χ2n) is 5.78. The molecule has 0 saturated carbocycles. The van der Waals surface area contributed by atoms with Gasteiger partial charge in [-0.1, -0.05) is 48.4 Å². The first-order chi connectivity index (χ1) is 13.2. The number of amides is 1. The zero-order chi connectivity index (χ0) is 19.1. The van der Waals surface area contributed by atoms with Gasteiger partial charge in [-0.15, -0.1) is 6.42 Å². The maximum absolute atomic E-state index is 12.5. The van der Waals surface area contributed by atoms with E-state index in [0.717, 1.165) is 5.56 Å². The molecule has 0 radical (unpaired) electrons. The minimum Gasteiger partial charge on any atom is -0.484 e. The Kier molecular flexibility index (Phi) is 5.66. The predicted molar refractivity (Wildman–Crippen MR) is 105 cm³/mol. The van der Waals surface area contributed by atoms with Crippen molar-refractivity contribution in [2.75, 3.05) is 11.9 Å². The molecule has 0 aliphatic carbocycles. The van der Waals surface area contributed by atoms with Gasteiger partial charge in [0.15, 0.2) is 12.4 Å². The van der Waals surface area contributed by atoms with Crippen molar-refractivity contribution in [1.29, 1.82) is 0 Å². The van der Waals surface area contributed by atoms with E-state index in [4.69, 9.17) is 11.2 Å². The summed E-state index contributed by atoms with van der Waals surface area (Å²) in [6.07, 6.45) is 5.30. The Bertz CT molecular complexity index is 986. The average Bonchev–Trinajstić information content (AvgIpc) is 2.73. The minimum atomic E-state index is -0.319. The van der Waals surface area contributed by atoms with Crippen molar-refractivity contribution < 1.29 is 14.3 Å². The van der Waals surface area contributed by atoms with Crippen LogP contribution in [0.15, 0.2) is 78.9 Å². The van der Waals surface area contributed by atoms with Gasteiger partial charge < -0.3 is 10.1 Å². The molecule has 27 heavy (non-hydrogen) atoms. The van der Waals surface area contributed by atoms with Crippen molar-refractivity contribution in [3.63, 3.8) is 0 Å². The second kappa shape index (κ2) is 8.50. The van der Waals surface area contributed by atoms with Gasteiger partial charge in [-0.3, -0.25) is 9.59 Å². The lowest BCUT2D eigenvalue weighted by Gasteiger charge is -2.09. The van der Waals surface area contributed by atoms with Crippen molar-refractivity contribution in [2.24, 2.45) is 0 Å². The van der Waals surface area contributed by atoms with E-state index in [9.17, 15) is 9.59 Å². The van der Waals surface area contributed by atoms with Gasteiger partial charge in [0.05, 0.1) is 0 Å². The third kappa shape index (κ3) is 4.83. The molecule has 4 nitrogen and oxygen atoms in total. The lowest BCUT2D eigenvalue weighted by molar-refractivity contribution is -0.118. The lowest BCUT2D eigenvalue weighted by Crippen LogP contribution is -2.20. The zero-order valence-corrected chi connectivity index (χ0v) is 14.5. The largest absolute Gasteiger partial charge is 0.484 e. The summed E-state index contributed by atoms with van der Waals surface area (Å²) in [5.41, 5.74) is 2.38. The number of nitrogens with one attached hydrogen (secondary N) is 1. The van der Waals surface area contributed by atoms with Gasteiger partial charge in [-0.05, 0) is 36.4 Å². The van der Waals surface area contributed by atoms with Gasteiger partial charge in [0.1, 0.15) is 5.75 Å². The highest BCUT2D eigenvalue weighted by Gasteiger charge is 2.10. The number of ether oxygens (including phenoxy) is 1. The van der Waals surface area contributed by atoms with Crippen molar-refractivity contribution >= 4 is 17.4 Å². The molecule has 132 valence electrons. The normalized spacial score (nSPS) is 9.89. The number of terminal acetylenes is 1. The zero-order valence-electron chi connectivity index (χ0n) is 14.5. The Morgan fingerprint density at radius 2 is 1.59 bits per heavy atom. The van der Waals surface area contributed by atoms with Crippen LogP contribution in [0.1, 0.15) is 21.5 Å². The third-order valence-corrected chi connectivity index (χ3v) is 3.84. The Morgan fingerprint density at radius 1 is 0.889 bits per heavy atom. The summed E-state index contributed by atoms with van der Waals surface area (Å²) in [6.45, 7) is -0.147. The lowest BCUT2D eigenvalue weighted by atomic mass is 10.0. The number of hydrogen-bond donors (Lipinski definition) is 1. The molecule has 0 heterocycles. The first kappa shape index (κ1) is 18.0. The van der Waals surface area contributed by atoms with E-state index >= 15 is 0 Å². The minimum absolute atomic E-state index is 0.100. The molecular formula is C23H17NO3. The third-order valence-electron chi connectivity index (χ3n) is 3.84. The van der Waals surface area contributed by atoms with Crippen LogP contribution in [-0.4, -0.2) is 18.3 Å². The van der Waals surface area contributed by atoms with E-state index in [2.05, 4.69) is 11.2 Å². The fourth-order valence-electron chi connectivity index (χ4n) is 2.49. The van der Waals surface area contributed by atoms with E-state index in [1.807, 2.05) is 18.2 Å². The molecule has 0 spiro atoms. The van der Waals surface area contributed by atoms with Crippen LogP contribution < -0.4 is 10.1 Å². The van der Waals surface area contributed by atoms with Crippen molar-refractivity contribution in [1.82, 2.24) is 0 Å². The van der Waals surface area contributed by atoms with Gasteiger partial charge in [0, 0.05) is 22.4 Å². The molecule has 1 N–H and O–H groups in total. The van der Waals surface area contributed by atoms with Crippen LogP contribution in [0.5, 0.6) is 5.75 Å². The summed E-state index contributed by atoms with van der Waals surface area (Å²) in [4.78, 5) is 24.6. The Balaban J connectivity index is 1.61. The predicted octanol–water partition coefficient (Wildman–Crippen LogP) is 3.92. The second-order valence-corrected chi connectivity index (χ2v) is 5.78. The standard InChI is InChI=1S/C23H17NO3/c1-2-17-11-13-21(14-12-17)27-16-22(25)24-20-10-6-9-19(15-20)23(26)18-7-4-3-5-8-18/h1,3-15H,16H2,(H,24,25). The summed E-state index contributed by atoms with van der Waals surface area (Å²) in [7, 11) is 0. The molecule has 3 aromatic rings. The number of carbonyl (C=O) groups is 2. The first-order valence-corrected chi connectivity index (χ1v) is 8.35. The van der Waals surface area contributed by atoms with E-state index < -0.39 is 0 Å². The fraction of sp³-hybridized carbons (Fsp3) is 0.0435. The van der Waals surface area contributed by atoms with Crippen LogP contribution in [0.3, 0.4) is 0 Å². The molecule has 0 saturated heterocycles. The van der Waals surface area contributed by atoms with Gasteiger partial charge >= 0.3 is 0 Å². The topological polar surface area (TPSA) is 55.4 Å². The van der Waals surface area contributed by atoms with Crippen LogP contribution >= 0.6 is 0 Å². The number of anilines is 1. The van der Waals surface area contributed by atoms with E-state index in [-0.39, 0.29) is 18.3 Å². The molecule has 0 bridgehead atoms. The number of hydrogen-bond acceptors (Lipinski definition) is 3. The van der Waals surface area contributed by atoms with Gasteiger partial charge in [0.2, 0.25) is 0 Å². The first-order valence-electron chi connectivity index (χ1n) is 8.35. The van der Waals surface area contributed by atoms with Crippen molar-refractivity contribution in [3.05, 3.63) is 95.6 Å². The van der Waals surface area contributed by atoms with Crippen LogP contribution in [0.4, 0.5) is 5.69 Å². The van der Waals surface area contributed by atoms with Crippen LogP contribution in [-0.2, 0) is 4.79 Å². The highest BCUT2D eigenvalue weighted by molar-refractivity contribution is 6.09. The Hall–Kier alpha value is -3.84. The maximum Gasteiger partial charge on any atom is 0.262 e. The van der Waals surface area contributed by atoms with Crippen LogP contribution in [0.25, 0.3) is 0 Å². The smallest absolute Gasteiger partial charge is 0.262 e. The summed E-state index contributed by atoms with van der Waals surface area (Å²) < 4.78 is 5.44. The molecule has 3 aromatic carbocycles. The molecule has 0 fully saturated rings. The molecule has 0 aliphatic rings. The number of benzene rings is 3. The summed E-state index contributed by atoms with van der Waals surface area (Å²) in [5.74, 6) is 2.65. The van der Waals surface area contributed by atoms with E-state index in [0.29, 0.717) is 22.6 Å². The van der Waals surface area contributed by atoms with Crippen LogP contribution in [0, 0.1) is 12.3 Å². The average molecular weight is 355 g/mol. The number of rotatable bonds is 6. The molecule has 0 atom stereocenters. The molecule has 0 aliphatic heterocycles. The number of carbonyl (C=O) groups excluding carboxylic acids is 2. The Labute approximate surface area is 157 Å². The fourth-order valence-corrected chi connectivity index (χ4v) is 2.49. The summed E-state index contributed by atoms with van der Waals surface area (Å²) in [6, 6.07) is 22.7. The van der Waals surface area contributed by atoms with E-state index in [1.54, 1.807) is 60.7 Å². The van der Waals surface area contributed by atoms with Gasteiger partial charge in [-0.2, -0.15) is 0 Å². The summed E-state index contributed by atoms with van der Waals surface area (Å²) in [5, 5.41) is 2.73. The maximum atomic E-state index is 12.5. The molecular weight excluding hydrogens is 338 g/mol. The van der Waals surface area contributed by atoms with Gasteiger partial charge in [-0.25, -0.2) is 0 Å². The molecule has 0 unspecified atom stereocenters. The molecule has 1 amide bonds. The monoisotopic (exact) mass is 355 g/mol. The van der Waals surface area contributed by atoms with Crippen molar-refractivity contribution in [3.8, 4) is 18.1 Å². The Morgan fingerprint density at radius 3 is 2.30 bits per heavy atom. The molecule has 4 heteroatoms. The van der Waals surface area contributed by atoms with E-state index in [1.165, 1.54) is 0 Å². The van der Waals surface area contributed by atoms with Crippen molar-refractivity contribution in [2.45, 2.75) is 0 Å². The highest BCUT2D eigenvalue weighted by atomic mass is 16.5. The van der Waals surface area contributed by atoms with Gasteiger partial charge in [0.25, 0.3) is 5.91 Å². The van der Waals surface area contributed by atoms with Crippen LogP contribution in [0.2, 0.25) is 0 Å². The molecule has 3 rings (SSSR count). The number of ketones is 1. The summed E-state index contributed by atoms with van der Waals surface area (Å²) >= 11 is 0. The quantitative estimate of drug-likeness (QED) is 0.539.